The number of hydrogen-bond acceptors (Lipinski definition) is 1. The SMILES string of the molecule is NC[C@@H]1C[C@H]1c1ccc2[nH]ccc2c1. The van der Waals surface area contributed by atoms with E-state index in [1.54, 1.807) is 0 Å². The van der Waals surface area contributed by atoms with Gasteiger partial charge in [0.15, 0.2) is 0 Å². The Bertz CT molecular complexity index is 458. The van der Waals surface area contributed by atoms with Gasteiger partial charge in [-0.2, -0.15) is 0 Å². The Labute approximate surface area is 83.1 Å². The Balaban J connectivity index is 1.98. The molecule has 72 valence electrons. The molecule has 3 N–H and O–H groups in total. The summed E-state index contributed by atoms with van der Waals surface area (Å²) in [5.74, 6) is 1.45. The molecule has 0 radical (unpaired) electrons. The molecule has 1 aromatic carbocycles. The summed E-state index contributed by atoms with van der Waals surface area (Å²) in [5, 5.41) is 1.31. The van der Waals surface area contributed by atoms with E-state index in [9.17, 15) is 0 Å². The Morgan fingerprint density at radius 2 is 2.29 bits per heavy atom. The lowest BCUT2D eigenvalue weighted by molar-refractivity contribution is 0.810. The number of nitrogens with one attached hydrogen (secondary N) is 1. The van der Waals surface area contributed by atoms with Crippen LogP contribution in [0.4, 0.5) is 0 Å². The minimum absolute atomic E-state index is 0.722. The second kappa shape index (κ2) is 2.85. The zero-order valence-corrected chi connectivity index (χ0v) is 8.03. The summed E-state index contributed by atoms with van der Waals surface area (Å²) < 4.78 is 0. The molecule has 1 aliphatic rings. The van der Waals surface area contributed by atoms with Crippen LogP contribution in [0.25, 0.3) is 10.9 Å². The van der Waals surface area contributed by atoms with Crippen LogP contribution < -0.4 is 5.73 Å². The summed E-state index contributed by atoms with van der Waals surface area (Å²) in [4.78, 5) is 3.21. The highest BCUT2D eigenvalue weighted by Crippen LogP contribution is 2.46. The molecule has 0 unspecified atom stereocenters. The first-order chi connectivity index (χ1) is 6.88. The molecule has 1 aliphatic carbocycles. The molecule has 0 spiro atoms. The first-order valence-electron chi connectivity index (χ1n) is 5.15. The molecule has 2 nitrogen and oxygen atoms in total. The highest BCUT2D eigenvalue weighted by molar-refractivity contribution is 5.80. The van der Waals surface area contributed by atoms with Crippen molar-refractivity contribution < 1.29 is 0 Å². The lowest BCUT2D eigenvalue weighted by Gasteiger charge is -1.99. The van der Waals surface area contributed by atoms with Gasteiger partial charge in [0, 0.05) is 11.7 Å². The van der Waals surface area contributed by atoms with Crippen LogP contribution in [0.15, 0.2) is 30.5 Å². The number of hydrogen-bond donors (Lipinski definition) is 2. The van der Waals surface area contributed by atoms with Crippen LogP contribution in [0, 0.1) is 5.92 Å². The van der Waals surface area contributed by atoms with Crippen molar-refractivity contribution in [3.8, 4) is 0 Å². The Morgan fingerprint density at radius 1 is 1.36 bits per heavy atom. The average molecular weight is 186 g/mol. The van der Waals surface area contributed by atoms with E-state index < -0.39 is 0 Å². The van der Waals surface area contributed by atoms with Gasteiger partial charge in [0.05, 0.1) is 0 Å². The maximum atomic E-state index is 5.65. The second-order valence-corrected chi connectivity index (χ2v) is 4.16. The average Bonchev–Trinajstić information content (AvgIpc) is 2.87. The highest BCUT2D eigenvalue weighted by Gasteiger charge is 2.36. The molecule has 1 fully saturated rings. The van der Waals surface area contributed by atoms with Gasteiger partial charge in [-0.1, -0.05) is 6.07 Å². The number of nitrogens with two attached hydrogens (primary N) is 1. The standard InChI is InChI=1S/C12H14N2/c13-7-10-6-11(10)8-1-2-12-9(5-8)3-4-14-12/h1-5,10-11,14H,6-7,13H2/t10-,11-/m0/s1. The maximum absolute atomic E-state index is 5.65. The molecule has 2 aromatic rings. The van der Waals surface area contributed by atoms with Crippen molar-refractivity contribution in [3.05, 3.63) is 36.0 Å². The monoisotopic (exact) mass is 186 g/mol. The molecular weight excluding hydrogens is 172 g/mol. The van der Waals surface area contributed by atoms with Crippen LogP contribution in [0.3, 0.4) is 0 Å². The van der Waals surface area contributed by atoms with Gasteiger partial charge in [-0.3, -0.25) is 0 Å². The molecule has 1 heterocycles. The van der Waals surface area contributed by atoms with Crippen LogP contribution in [0.5, 0.6) is 0 Å². The first-order valence-corrected chi connectivity index (χ1v) is 5.15. The molecule has 1 aromatic heterocycles. The van der Waals surface area contributed by atoms with Crippen molar-refractivity contribution >= 4 is 10.9 Å². The normalized spacial score (nSPS) is 25.5. The fraction of sp³-hybridized carbons (Fsp3) is 0.333. The zero-order chi connectivity index (χ0) is 9.54. The third kappa shape index (κ3) is 1.15. The number of rotatable bonds is 2. The summed E-state index contributed by atoms with van der Waals surface area (Å²) in [6, 6.07) is 8.79. The largest absolute Gasteiger partial charge is 0.361 e. The van der Waals surface area contributed by atoms with Gasteiger partial charge in [-0.25, -0.2) is 0 Å². The van der Waals surface area contributed by atoms with Gasteiger partial charge >= 0.3 is 0 Å². The summed E-state index contributed by atoms with van der Waals surface area (Å²) in [6.45, 7) is 0.829. The Morgan fingerprint density at radius 3 is 3.07 bits per heavy atom. The zero-order valence-electron chi connectivity index (χ0n) is 8.03. The summed E-state index contributed by atoms with van der Waals surface area (Å²) in [6.07, 6.45) is 3.26. The van der Waals surface area contributed by atoms with Gasteiger partial charge in [0.1, 0.15) is 0 Å². The quantitative estimate of drug-likeness (QED) is 0.742. The number of benzene rings is 1. The van der Waals surface area contributed by atoms with Crippen molar-refractivity contribution in [2.75, 3.05) is 6.54 Å². The van der Waals surface area contributed by atoms with Crippen molar-refractivity contribution in [2.24, 2.45) is 11.7 Å². The molecule has 1 saturated carbocycles. The minimum Gasteiger partial charge on any atom is -0.361 e. The molecule has 2 heteroatoms. The maximum Gasteiger partial charge on any atom is 0.0454 e. The number of aromatic nitrogens is 1. The fourth-order valence-electron chi connectivity index (χ4n) is 2.22. The molecule has 0 saturated heterocycles. The fourth-order valence-corrected chi connectivity index (χ4v) is 2.22. The third-order valence-corrected chi connectivity index (χ3v) is 3.23. The third-order valence-electron chi connectivity index (χ3n) is 3.23. The van der Waals surface area contributed by atoms with Gasteiger partial charge in [-0.15, -0.1) is 0 Å². The van der Waals surface area contributed by atoms with Gasteiger partial charge in [0.2, 0.25) is 0 Å². The molecule has 14 heavy (non-hydrogen) atoms. The van der Waals surface area contributed by atoms with Crippen LogP contribution in [0.1, 0.15) is 17.9 Å². The summed E-state index contributed by atoms with van der Waals surface area (Å²) in [7, 11) is 0. The van der Waals surface area contributed by atoms with E-state index in [4.69, 9.17) is 5.73 Å². The Kier molecular flexibility index (Phi) is 1.64. The summed E-state index contributed by atoms with van der Waals surface area (Å²) >= 11 is 0. The van der Waals surface area contributed by atoms with E-state index in [2.05, 4.69) is 29.2 Å². The number of H-pyrrole nitrogens is 1. The molecule has 0 bridgehead atoms. The van der Waals surface area contributed by atoms with Crippen LogP contribution in [-0.2, 0) is 0 Å². The van der Waals surface area contributed by atoms with E-state index in [-0.39, 0.29) is 0 Å². The van der Waals surface area contributed by atoms with E-state index in [1.165, 1.54) is 22.9 Å². The van der Waals surface area contributed by atoms with Crippen molar-refractivity contribution in [1.29, 1.82) is 0 Å². The summed E-state index contributed by atoms with van der Waals surface area (Å²) in [5.41, 5.74) is 8.32. The number of fused-ring (bicyclic) bond motifs is 1. The van der Waals surface area contributed by atoms with Crippen LogP contribution in [0.2, 0.25) is 0 Å². The van der Waals surface area contributed by atoms with Crippen molar-refractivity contribution in [1.82, 2.24) is 4.98 Å². The predicted octanol–water partition coefficient (Wildman–Crippen LogP) is 2.23. The smallest absolute Gasteiger partial charge is 0.0454 e. The van der Waals surface area contributed by atoms with Crippen molar-refractivity contribution in [2.45, 2.75) is 12.3 Å². The molecule has 3 rings (SSSR count). The van der Waals surface area contributed by atoms with Gasteiger partial charge in [0.25, 0.3) is 0 Å². The topological polar surface area (TPSA) is 41.8 Å². The molecular formula is C12H14N2. The van der Waals surface area contributed by atoms with Gasteiger partial charge in [-0.05, 0) is 54.0 Å². The van der Waals surface area contributed by atoms with E-state index in [0.29, 0.717) is 0 Å². The highest BCUT2D eigenvalue weighted by atomic mass is 14.7. The van der Waals surface area contributed by atoms with E-state index in [1.807, 2.05) is 6.20 Å². The lowest BCUT2D eigenvalue weighted by atomic mass is 10.1. The first kappa shape index (κ1) is 8.06. The predicted molar refractivity (Wildman–Crippen MR) is 58.2 cm³/mol. The van der Waals surface area contributed by atoms with Crippen LogP contribution in [-0.4, -0.2) is 11.5 Å². The molecule has 0 amide bonds. The van der Waals surface area contributed by atoms with E-state index >= 15 is 0 Å². The molecule has 0 aliphatic heterocycles. The Hall–Kier alpha value is -1.28. The van der Waals surface area contributed by atoms with Crippen LogP contribution >= 0.6 is 0 Å². The minimum atomic E-state index is 0.722. The second-order valence-electron chi connectivity index (χ2n) is 4.16. The number of aromatic amines is 1. The molecule has 2 atom stereocenters. The van der Waals surface area contributed by atoms with Crippen molar-refractivity contribution in [3.63, 3.8) is 0 Å². The lowest BCUT2D eigenvalue weighted by Crippen LogP contribution is -2.01. The van der Waals surface area contributed by atoms with Gasteiger partial charge < -0.3 is 10.7 Å². The van der Waals surface area contributed by atoms with E-state index in [0.717, 1.165) is 18.4 Å².